The highest BCUT2D eigenvalue weighted by Crippen LogP contribution is 2.39. The molecule has 0 spiro atoms. The Balaban J connectivity index is 1.47. The average Bonchev–Trinajstić information content (AvgIpc) is 3.40. The molecule has 0 radical (unpaired) electrons. The summed E-state index contributed by atoms with van der Waals surface area (Å²) in [5.74, 6) is 1.89. The zero-order valence-electron chi connectivity index (χ0n) is 21.1. The monoisotopic (exact) mass is 531 g/mol. The van der Waals surface area contributed by atoms with Crippen LogP contribution in [0, 0.1) is 0 Å². The summed E-state index contributed by atoms with van der Waals surface area (Å²) in [7, 11) is 3.14. The molecule has 4 aromatic rings. The molecule has 0 bridgehead atoms. The van der Waals surface area contributed by atoms with Crippen LogP contribution in [-0.2, 0) is 11.4 Å². The van der Waals surface area contributed by atoms with Crippen molar-refractivity contribution in [2.24, 2.45) is 0 Å². The molecule has 0 aliphatic carbocycles. The van der Waals surface area contributed by atoms with Gasteiger partial charge in [0.1, 0.15) is 24.7 Å². The maximum atomic E-state index is 13.7. The first kappa shape index (κ1) is 25.2. The summed E-state index contributed by atoms with van der Waals surface area (Å²) in [4.78, 5) is 18.0. The Morgan fingerprint density at radius 2 is 1.79 bits per heavy atom. The van der Waals surface area contributed by atoms with Crippen LogP contribution in [-0.4, -0.2) is 34.9 Å². The van der Waals surface area contributed by atoms with E-state index in [1.54, 1.807) is 31.0 Å². The minimum Gasteiger partial charge on any atom is -0.495 e. The van der Waals surface area contributed by atoms with Crippen molar-refractivity contribution in [1.29, 1.82) is 0 Å². The molecule has 3 aromatic carbocycles. The van der Waals surface area contributed by atoms with Gasteiger partial charge in [-0.1, -0.05) is 41.9 Å². The van der Waals surface area contributed by atoms with Crippen LogP contribution in [0.5, 0.6) is 17.2 Å². The Morgan fingerprint density at radius 1 is 1.03 bits per heavy atom. The number of carbonyl (C=O) groups is 1. The summed E-state index contributed by atoms with van der Waals surface area (Å²) >= 11 is 5.98. The molecule has 0 unspecified atom stereocenters. The van der Waals surface area contributed by atoms with Gasteiger partial charge in [0.05, 0.1) is 25.5 Å². The van der Waals surface area contributed by atoms with E-state index in [2.05, 4.69) is 20.7 Å². The molecule has 2 heterocycles. The lowest BCUT2D eigenvalue weighted by atomic mass is 9.94. The molecule has 1 amide bonds. The first-order valence-electron chi connectivity index (χ1n) is 11.9. The molecular formula is C28H26ClN5O4. The second kappa shape index (κ2) is 10.9. The molecule has 1 aliphatic rings. The van der Waals surface area contributed by atoms with E-state index in [4.69, 9.17) is 25.8 Å². The van der Waals surface area contributed by atoms with E-state index in [0.717, 1.165) is 11.1 Å². The van der Waals surface area contributed by atoms with Crippen LogP contribution in [0.3, 0.4) is 0 Å². The van der Waals surface area contributed by atoms with E-state index in [1.165, 1.54) is 6.33 Å². The first-order valence-corrected chi connectivity index (χ1v) is 12.2. The van der Waals surface area contributed by atoms with Gasteiger partial charge in [-0.25, -0.2) is 4.68 Å². The number of allylic oxidation sites excluding steroid dienone is 1. The zero-order valence-corrected chi connectivity index (χ0v) is 21.8. The zero-order chi connectivity index (χ0) is 26.6. The van der Waals surface area contributed by atoms with E-state index in [0.29, 0.717) is 51.8 Å². The molecule has 38 heavy (non-hydrogen) atoms. The van der Waals surface area contributed by atoms with Crippen molar-refractivity contribution < 1.29 is 19.0 Å². The number of nitrogens with zero attached hydrogens (tertiary/aromatic N) is 3. The quantitative estimate of drug-likeness (QED) is 0.311. The largest absolute Gasteiger partial charge is 0.495 e. The highest BCUT2D eigenvalue weighted by atomic mass is 35.5. The number of aromatic nitrogens is 3. The number of methoxy groups -OCH3 is 2. The van der Waals surface area contributed by atoms with Gasteiger partial charge in [-0.2, -0.15) is 10.1 Å². The van der Waals surface area contributed by atoms with Gasteiger partial charge in [-0.05, 0) is 54.4 Å². The first-order chi connectivity index (χ1) is 18.5. The number of halogens is 1. The third-order valence-electron chi connectivity index (χ3n) is 6.21. The van der Waals surface area contributed by atoms with Crippen LogP contribution in [0.25, 0.3) is 0 Å². The van der Waals surface area contributed by atoms with Crippen molar-refractivity contribution >= 4 is 29.1 Å². The van der Waals surface area contributed by atoms with Crippen molar-refractivity contribution in [3.63, 3.8) is 0 Å². The Kier molecular flexibility index (Phi) is 7.19. The second-order valence-electron chi connectivity index (χ2n) is 8.57. The summed E-state index contributed by atoms with van der Waals surface area (Å²) in [5, 5.41) is 11.2. The third-order valence-corrected chi connectivity index (χ3v) is 6.46. The number of benzene rings is 3. The van der Waals surface area contributed by atoms with Gasteiger partial charge >= 0.3 is 0 Å². The number of ether oxygens (including phenoxy) is 3. The summed E-state index contributed by atoms with van der Waals surface area (Å²) in [5.41, 5.74) is 3.45. The van der Waals surface area contributed by atoms with Crippen LogP contribution in [0.4, 0.5) is 11.6 Å². The molecule has 5 rings (SSSR count). The smallest absolute Gasteiger partial charge is 0.255 e. The maximum Gasteiger partial charge on any atom is 0.255 e. The number of para-hydroxylation sites is 2. The van der Waals surface area contributed by atoms with Gasteiger partial charge in [-0.3, -0.25) is 4.79 Å². The number of carbonyl (C=O) groups excluding carboxylic acids is 1. The van der Waals surface area contributed by atoms with Gasteiger partial charge in [0, 0.05) is 10.7 Å². The number of nitrogens with one attached hydrogen (secondary N) is 2. The predicted octanol–water partition coefficient (Wildman–Crippen LogP) is 5.46. The maximum absolute atomic E-state index is 13.7. The predicted molar refractivity (Wildman–Crippen MR) is 145 cm³/mol. The van der Waals surface area contributed by atoms with Crippen molar-refractivity contribution in [2.75, 3.05) is 24.9 Å². The fraction of sp³-hybridized carbons (Fsp3) is 0.179. The van der Waals surface area contributed by atoms with Crippen molar-refractivity contribution in [1.82, 2.24) is 14.8 Å². The number of anilines is 2. The van der Waals surface area contributed by atoms with E-state index in [1.807, 2.05) is 61.5 Å². The SMILES string of the molecule is COc1ccccc1NC(=O)C1=C(C)Nc2ncnn2[C@H]1c1ccc(OCc2ccc(Cl)cc2)c(OC)c1. The van der Waals surface area contributed by atoms with Crippen molar-refractivity contribution in [3.05, 3.63) is 100 Å². The standard InChI is InChI=1S/C28H26ClN5O4/c1-17-25(27(35)33-21-6-4-5-7-22(21)36-2)26(34-28(32-17)30-16-31-34)19-10-13-23(24(14-19)37-3)38-15-18-8-11-20(29)12-9-18/h4-14,16,26H,15H2,1-3H3,(H,33,35)(H,30,31,32)/t26-/m0/s1. The van der Waals surface area contributed by atoms with Gasteiger partial charge in [-0.15, -0.1) is 0 Å². The van der Waals surface area contributed by atoms with E-state index >= 15 is 0 Å². The molecule has 0 saturated carbocycles. The van der Waals surface area contributed by atoms with E-state index < -0.39 is 6.04 Å². The van der Waals surface area contributed by atoms with E-state index in [9.17, 15) is 4.79 Å². The Bertz CT molecular complexity index is 1500. The van der Waals surface area contributed by atoms with Crippen LogP contribution < -0.4 is 24.8 Å². The van der Waals surface area contributed by atoms with Gasteiger partial charge in [0.15, 0.2) is 11.5 Å². The molecular weight excluding hydrogens is 506 g/mol. The molecule has 9 nitrogen and oxygen atoms in total. The van der Waals surface area contributed by atoms with Gasteiger partial charge < -0.3 is 24.8 Å². The Hall–Kier alpha value is -4.50. The number of amides is 1. The molecule has 2 N–H and O–H groups in total. The summed E-state index contributed by atoms with van der Waals surface area (Å²) < 4.78 is 18.8. The highest BCUT2D eigenvalue weighted by Gasteiger charge is 2.34. The summed E-state index contributed by atoms with van der Waals surface area (Å²) in [6.45, 7) is 2.18. The fourth-order valence-electron chi connectivity index (χ4n) is 4.35. The lowest BCUT2D eigenvalue weighted by molar-refractivity contribution is -0.113. The van der Waals surface area contributed by atoms with Gasteiger partial charge in [0.25, 0.3) is 5.91 Å². The molecule has 1 aliphatic heterocycles. The minimum atomic E-state index is -0.567. The van der Waals surface area contributed by atoms with Crippen LogP contribution in [0.15, 0.2) is 84.3 Å². The number of hydrogen-bond donors (Lipinski definition) is 2. The number of fused-ring (bicyclic) bond motifs is 1. The average molecular weight is 532 g/mol. The third kappa shape index (κ3) is 5.01. The lowest BCUT2D eigenvalue weighted by Gasteiger charge is -2.29. The van der Waals surface area contributed by atoms with Gasteiger partial charge in [0.2, 0.25) is 5.95 Å². The molecule has 1 atom stereocenters. The van der Waals surface area contributed by atoms with Crippen molar-refractivity contribution in [2.45, 2.75) is 19.6 Å². The molecule has 0 saturated heterocycles. The lowest BCUT2D eigenvalue weighted by Crippen LogP contribution is -2.31. The number of hydrogen-bond acceptors (Lipinski definition) is 7. The highest BCUT2D eigenvalue weighted by molar-refractivity contribution is 6.30. The Morgan fingerprint density at radius 3 is 2.55 bits per heavy atom. The topological polar surface area (TPSA) is 99.5 Å². The molecule has 1 aromatic heterocycles. The van der Waals surface area contributed by atoms with Crippen LogP contribution in [0.2, 0.25) is 5.02 Å². The summed E-state index contributed by atoms with van der Waals surface area (Å²) in [6, 6.07) is 19.7. The minimum absolute atomic E-state index is 0.298. The second-order valence-corrected chi connectivity index (χ2v) is 9.01. The number of rotatable bonds is 8. The summed E-state index contributed by atoms with van der Waals surface area (Å²) in [6.07, 6.45) is 1.45. The molecule has 10 heteroatoms. The molecule has 0 fully saturated rings. The van der Waals surface area contributed by atoms with Crippen molar-refractivity contribution in [3.8, 4) is 17.2 Å². The Labute approximate surface area is 225 Å². The fourth-order valence-corrected chi connectivity index (χ4v) is 4.47. The normalized spacial score (nSPS) is 14.4. The van der Waals surface area contributed by atoms with Crippen LogP contribution >= 0.6 is 11.6 Å². The van der Waals surface area contributed by atoms with E-state index in [-0.39, 0.29) is 5.91 Å². The molecule has 194 valence electrons. The van der Waals surface area contributed by atoms with Crippen LogP contribution in [0.1, 0.15) is 24.1 Å².